The smallest absolute Gasteiger partial charge is 0.0991 e. The Balaban J connectivity index is 2.16. The number of nitrogens with zero attached hydrogens (tertiary/aromatic N) is 3. The van der Waals surface area contributed by atoms with Crippen LogP contribution in [0.15, 0.2) is 36.7 Å². The van der Waals surface area contributed by atoms with E-state index in [1.807, 2.05) is 18.3 Å². The molecular formula is C13H13N3O. The Kier molecular flexibility index (Phi) is 3.53. The summed E-state index contributed by atoms with van der Waals surface area (Å²) in [4.78, 5) is 0. The van der Waals surface area contributed by atoms with Crippen LogP contribution in [0.5, 0.6) is 0 Å². The highest BCUT2D eigenvalue weighted by Gasteiger charge is 2.01. The first-order valence-corrected chi connectivity index (χ1v) is 5.48. The van der Waals surface area contributed by atoms with Crippen LogP contribution < -0.4 is 0 Å². The number of nitriles is 1. The van der Waals surface area contributed by atoms with Gasteiger partial charge in [0.2, 0.25) is 0 Å². The van der Waals surface area contributed by atoms with Crippen molar-refractivity contribution in [2.75, 3.05) is 6.61 Å². The summed E-state index contributed by atoms with van der Waals surface area (Å²) in [7, 11) is 0. The van der Waals surface area contributed by atoms with Crippen LogP contribution in [0.4, 0.5) is 0 Å². The summed E-state index contributed by atoms with van der Waals surface area (Å²) < 4.78 is 1.77. The zero-order valence-electron chi connectivity index (χ0n) is 9.37. The van der Waals surface area contributed by atoms with Crippen molar-refractivity contribution in [1.29, 1.82) is 5.26 Å². The first-order valence-electron chi connectivity index (χ1n) is 5.48. The van der Waals surface area contributed by atoms with Crippen molar-refractivity contribution in [3.8, 4) is 11.8 Å². The van der Waals surface area contributed by atoms with Crippen LogP contribution in [0.25, 0.3) is 5.69 Å². The van der Waals surface area contributed by atoms with Gasteiger partial charge in [0.05, 0.1) is 23.5 Å². The lowest BCUT2D eigenvalue weighted by atomic mass is 10.2. The molecule has 0 spiro atoms. The second-order valence-corrected chi connectivity index (χ2v) is 3.78. The van der Waals surface area contributed by atoms with Crippen LogP contribution in [-0.4, -0.2) is 21.5 Å². The molecule has 1 aromatic heterocycles. The summed E-state index contributed by atoms with van der Waals surface area (Å²) in [5.41, 5.74) is 2.67. The minimum absolute atomic E-state index is 0.196. The lowest BCUT2D eigenvalue weighted by Gasteiger charge is -2.00. The maximum absolute atomic E-state index is 8.75. The quantitative estimate of drug-likeness (QED) is 0.864. The Hall–Kier alpha value is -2.12. The van der Waals surface area contributed by atoms with Crippen molar-refractivity contribution in [3.05, 3.63) is 47.8 Å². The average Bonchev–Trinajstić information content (AvgIpc) is 2.85. The summed E-state index contributed by atoms with van der Waals surface area (Å²) in [5.74, 6) is 0. The fourth-order valence-corrected chi connectivity index (χ4v) is 1.60. The van der Waals surface area contributed by atoms with E-state index < -0.39 is 0 Å². The number of hydrogen-bond acceptors (Lipinski definition) is 3. The molecule has 0 bridgehead atoms. The van der Waals surface area contributed by atoms with Gasteiger partial charge in [-0.1, -0.05) is 0 Å². The maximum atomic E-state index is 8.75. The molecule has 1 aromatic carbocycles. The fraction of sp³-hybridized carbons (Fsp3) is 0.231. The van der Waals surface area contributed by atoms with Gasteiger partial charge in [0.15, 0.2) is 0 Å². The van der Waals surface area contributed by atoms with E-state index in [-0.39, 0.29) is 6.61 Å². The van der Waals surface area contributed by atoms with Gasteiger partial charge in [-0.3, -0.25) is 0 Å². The first-order chi connectivity index (χ1) is 8.33. The second-order valence-electron chi connectivity index (χ2n) is 3.78. The van der Waals surface area contributed by atoms with Gasteiger partial charge < -0.3 is 5.11 Å². The molecule has 0 fully saturated rings. The van der Waals surface area contributed by atoms with Gasteiger partial charge in [-0.15, -0.1) is 0 Å². The van der Waals surface area contributed by atoms with E-state index in [4.69, 9.17) is 10.4 Å². The Morgan fingerprint density at radius 1 is 1.29 bits per heavy atom. The largest absolute Gasteiger partial charge is 0.396 e. The van der Waals surface area contributed by atoms with Gasteiger partial charge in [-0.05, 0) is 42.7 Å². The molecule has 1 heterocycles. The van der Waals surface area contributed by atoms with Crippen molar-refractivity contribution < 1.29 is 5.11 Å². The van der Waals surface area contributed by atoms with Crippen LogP contribution in [0.1, 0.15) is 17.5 Å². The molecule has 4 nitrogen and oxygen atoms in total. The molecule has 17 heavy (non-hydrogen) atoms. The first kappa shape index (κ1) is 11.4. The van der Waals surface area contributed by atoms with Crippen LogP contribution in [0.2, 0.25) is 0 Å². The molecule has 1 N–H and O–H groups in total. The SMILES string of the molecule is N#Cc1ccc(-n2cc(CCCO)cn2)cc1. The maximum Gasteiger partial charge on any atom is 0.0991 e. The van der Waals surface area contributed by atoms with E-state index in [0.29, 0.717) is 5.56 Å². The third kappa shape index (κ3) is 2.71. The van der Waals surface area contributed by atoms with Crippen molar-refractivity contribution in [2.24, 2.45) is 0 Å². The number of rotatable bonds is 4. The average molecular weight is 227 g/mol. The fourth-order valence-electron chi connectivity index (χ4n) is 1.60. The van der Waals surface area contributed by atoms with Gasteiger partial charge in [0, 0.05) is 12.8 Å². The highest BCUT2D eigenvalue weighted by atomic mass is 16.2. The molecule has 0 aliphatic heterocycles. The zero-order chi connectivity index (χ0) is 12.1. The van der Waals surface area contributed by atoms with Gasteiger partial charge >= 0.3 is 0 Å². The van der Waals surface area contributed by atoms with Crippen LogP contribution in [-0.2, 0) is 6.42 Å². The molecule has 0 atom stereocenters. The van der Waals surface area contributed by atoms with Gasteiger partial charge in [0.25, 0.3) is 0 Å². The third-order valence-electron chi connectivity index (χ3n) is 2.52. The standard InChI is InChI=1S/C13H13N3O/c14-8-11-3-5-13(6-4-11)16-10-12(9-15-16)2-1-7-17/h3-6,9-10,17H,1-2,7H2. The van der Waals surface area contributed by atoms with E-state index >= 15 is 0 Å². The summed E-state index contributed by atoms with van der Waals surface area (Å²) in [5, 5.41) is 21.7. The van der Waals surface area contributed by atoms with E-state index in [1.165, 1.54) is 0 Å². The third-order valence-corrected chi connectivity index (χ3v) is 2.52. The molecule has 0 saturated heterocycles. The molecule has 4 heteroatoms. The van der Waals surface area contributed by atoms with Crippen molar-refractivity contribution >= 4 is 0 Å². The van der Waals surface area contributed by atoms with Crippen molar-refractivity contribution in [3.63, 3.8) is 0 Å². The number of aliphatic hydroxyl groups is 1. The van der Waals surface area contributed by atoms with Crippen LogP contribution in [0, 0.1) is 11.3 Å². The van der Waals surface area contributed by atoms with Gasteiger partial charge in [-0.2, -0.15) is 10.4 Å². The Labute approximate surface area is 99.7 Å². The van der Waals surface area contributed by atoms with E-state index in [9.17, 15) is 0 Å². The number of hydrogen-bond donors (Lipinski definition) is 1. The summed E-state index contributed by atoms with van der Waals surface area (Å²) in [6.45, 7) is 0.196. The number of benzene rings is 1. The van der Waals surface area contributed by atoms with E-state index in [1.54, 1.807) is 23.0 Å². The van der Waals surface area contributed by atoms with E-state index in [2.05, 4.69) is 11.2 Å². The van der Waals surface area contributed by atoms with Gasteiger partial charge in [0.1, 0.15) is 0 Å². The summed E-state index contributed by atoms with van der Waals surface area (Å²) in [6, 6.07) is 9.34. The van der Waals surface area contributed by atoms with E-state index in [0.717, 1.165) is 24.1 Å². The second kappa shape index (κ2) is 5.28. The monoisotopic (exact) mass is 227 g/mol. The number of aryl methyl sites for hydroxylation is 1. The number of aromatic nitrogens is 2. The topological polar surface area (TPSA) is 61.8 Å². The Bertz CT molecular complexity index is 522. The highest BCUT2D eigenvalue weighted by molar-refractivity contribution is 5.39. The molecule has 2 aromatic rings. The Morgan fingerprint density at radius 2 is 2.06 bits per heavy atom. The predicted octanol–water partition coefficient (Wildman–Crippen LogP) is 1.67. The molecule has 86 valence electrons. The van der Waals surface area contributed by atoms with Crippen molar-refractivity contribution in [1.82, 2.24) is 9.78 Å². The van der Waals surface area contributed by atoms with Crippen LogP contribution >= 0.6 is 0 Å². The zero-order valence-corrected chi connectivity index (χ0v) is 9.37. The molecular weight excluding hydrogens is 214 g/mol. The number of aliphatic hydroxyl groups excluding tert-OH is 1. The molecule has 0 amide bonds. The summed E-state index contributed by atoms with van der Waals surface area (Å²) >= 11 is 0. The predicted molar refractivity (Wildman–Crippen MR) is 63.7 cm³/mol. The normalized spacial score (nSPS) is 10.1. The van der Waals surface area contributed by atoms with Crippen LogP contribution in [0.3, 0.4) is 0 Å². The molecule has 0 aliphatic carbocycles. The molecule has 2 rings (SSSR count). The minimum Gasteiger partial charge on any atom is -0.396 e. The highest BCUT2D eigenvalue weighted by Crippen LogP contribution is 2.10. The molecule has 0 aliphatic rings. The molecule has 0 unspecified atom stereocenters. The molecule has 0 radical (unpaired) electrons. The Morgan fingerprint density at radius 3 is 2.71 bits per heavy atom. The van der Waals surface area contributed by atoms with Gasteiger partial charge in [-0.25, -0.2) is 4.68 Å². The summed E-state index contributed by atoms with van der Waals surface area (Å²) in [6.07, 6.45) is 5.32. The van der Waals surface area contributed by atoms with Crippen molar-refractivity contribution in [2.45, 2.75) is 12.8 Å². The minimum atomic E-state index is 0.196. The lowest BCUT2D eigenvalue weighted by Crippen LogP contribution is -1.94. The lowest BCUT2D eigenvalue weighted by molar-refractivity contribution is 0.288. The molecule has 0 saturated carbocycles.